The van der Waals surface area contributed by atoms with Crippen LogP contribution in [0, 0.1) is 0 Å². The number of nitrogens with two attached hydrogens (primary N) is 1. The van der Waals surface area contributed by atoms with Crippen LogP contribution in [-0.4, -0.2) is 21.7 Å². The molecule has 20 heavy (non-hydrogen) atoms. The third-order valence-electron chi connectivity index (χ3n) is 2.39. The number of carbonyl (C=O) groups excluding carboxylic acids is 2. The van der Waals surface area contributed by atoms with Crippen molar-refractivity contribution >= 4 is 34.9 Å². The van der Waals surface area contributed by atoms with E-state index < -0.39 is 11.9 Å². The highest BCUT2D eigenvalue weighted by molar-refractivity contribution is 6.30. The maximum absolute atomic E-state index is 11.8. The fourth-order valence-electron chi connectivity index (χ4n) is 1.61. The predicted octanol–water partition coefficient (Wildman–Crippen LogP) is 1.82. The Balaban J connectivity index is 2.10. The highest BCUT2D eigenvalue weighted by atomic mass is 35.5. The molecule has 0 bridgehead atoms. The van der Waals surface area contributed by atoms with Gasteiger partial charge in [0.25, 0.3) is 5.91 Å². The molecule has 2 aromatic rings. The van der Waals surface area contributed by atoms with Crippen LogP contribution in [0.5, 0.6) is 0 Å². The van der Waals surface area contributed by atoms with Crippen molar-refractivity contribution < 1.29 is 9.59 Å². The average Bonchev–Trinajstić information content (AvgIpc) is 2.70. The van der Waals surface area contributed by atoms with E-state index in [4.69, 9.17) is 17.3 Å². The fraction of sp³-hybridized carbons (Fsp3) is 0.0833. The molecule has 0 spiro atoms. The number of halogens is 1. The van der Waals surface area contributed by atoms with Gasteiger partial charge < -0.3 is 16.4 Å². The predicted molar refractivity (Wildman–Crippen MR) is 75.8 cm³/mol. The first-order chi connectivity index (χ1) is 9.45. The van der Waals surface area contributed by atoms with Gasteiger partial charge in [-0.25, -0.2) is 4.79 Å². The van der Waals surface area contributed by atoms with E-state index in [1.807, 2.05) is 0 Å². The number of nitrogens with zero attached hydrogens (tertiary/aromatic N) is 2. The number of aromatic nitrogens is 2. The van der Waals surface area contributed by atoms with Crippen molar-refractivity contribution in [2.45, 2.75) is 0 Å². The summed E-state index contributed by atoms with van der Waals surface area (Å²) in [4.78, 5) is 23.0. The van der Waals surface area contributed by atoms with E-state index in [1.165, 1.54) is 10.9 Å². The Morgan fingerprint density at radius 2 is 2.10 bits per heavy atom. The quantitative estimate of drug-likeness (QED) is 0.804. The lowest BCUT2D eigenvalue weighted by atomic mass is 10.3. The molecule has 2 rings (SSSR count). The Kier molecular flexibility index (Phi) is 3.90. The minimum atomic E-state index is -0.719. The van der Waals surface area contributed by atoms with Crippen molar-refractivity contribution in [1.29, 1.82) is 0 Å². The smallest absolute Gasteiger partial charge is 0.323 e. The molecule has 0 aliphatic heterocycles. The summed E-state index contributed by atoms with van der Waals surface area (Å²) < 4.78 is 1.38. The lowest BCUT2D eigenvalue weighted by Gasteiger charge is -2.06. The fourth-order valence-corrected chi connectivity index (χ4v) is 1.80. The third kappa shape index (κ3) is 3.27. The van der Waals surface area contributed by atoms with Crippen LogP contribution in [0.3, 0.4) is 0 Å². The van der Waals surface area contributed by atoms with Crippen LogP contribution in [0.15, 0.2) is 30.5 Å². The van der Waals surface area contributed by atoms with E-state index in [0.717, 1.165) is 0 Å². The van der Waals surface area contributed by atoms with Gasteiger partial charge in [0, 0.05) is 24.0 Å². The van der Waals surface area contributed by atoms with E-state index in [0.29, 0.717) is 10.7 Å². The zero-order chi connectivity index (χ0) is 14.7. The molecule has 1 aromatic heterocycles. The zero-order valence-electron chi connectivity index (χ0n) is 10.6. The lowest BCUT2D eigenvalue weighted by Crippen LogP contribution is -2.22. The molecule has 1 aromatic carbocycles. The van der Waals surface area contributed by atoms with E-state index in [9.17, 15) is 9.59 Å². The number of carbonyl (C=O) groups is 2. The molecule has 104 valence electrons. The van der Waals surface area contributed by atoms with Crippen molar-refractivity contribution in [2.75, 3.05) is 10.6 Å². The van der Waals surface area contributed by atoms with Crippen LogP contribution in [0.1, 0.15) is 10.5 Å². The van der Waals surface area contributed by atoms with E-state index in [-0.39, 0.29) is 11.4 Å². The van der Waals surface area contributed by atoms with E-state index in [2.05, 4.69) is 15.7 Å². The number of urea groups is 1. The summed E-state index contributed by atoms with van der Waals surface area (Å²) in [5.74, 6) is -0.719. The van der Waals surface area contributed by atoms with Crippen molar-refractivity contribution in [3.8, 4) is 0 Å². The second-order valence-corrected chi connectivity index (χ2v) is 4.46. The van der Waals surface area contributed by atoms with Crippen LogP contribution < -0.4 is 16.4 Å². The molecule has 0 aliphatic rings. The molecular weight excluding hydrogens is 282 g/mol. The number of hydrogen-bond donors (Lipinski definition) is 3. The molecule has 0 saturated carbocycles. The molecule has 3 amide bonds. The minimum Gasteiger partial charge on any atom is -0.364 e. The lowest BCUT2D eigenvalue weighted by molar-refractivity contribution is 0.0995. The molecular formula is C12H12ClN5O2. The van der Waals surface area contributed by atoms with Crippen LogP contribution in [-0.2, 0) is 7.05 Å². The number of amides is 3. The number of rotatable bonds is 3. The molecule has 0 saturated heterocycles. The number of anilines is 2. The zero-order valence-corrected chi connectivity index (χ0v) is 11.3. The standard InChI is InChI=1S/C12H12ClN5O2/c1-18-6-9(10(17-18)11(14)19)16-12(20)15-8-4-2-3-7(13)5-8/h2-6H,1H3,(H2,14,19)(H2,15,16,20). The molecule has 4 N–H and O–H groups in total. The Labute approximate surface area is 119 Å². The van der Waals surface area contributed by atoms with Crippen LogP contribution in [0.2, 0.25) is 5.02 Å². The molecule has 0 fully saturated rings. The molecule has 1 heterocycles. The number of benzene rings is 1. The third-order valence-corrected chi connectivity index (χ3v) is 2.63. The number of nitrogens with one attached hydrogen (secondary N) is 2. The maximum Gasteiger partial charge on any atom is 0.323 e. The Hall–Kier alpha value is -2.54. The van der Waals surface area contributed by atoms with Crippen LogP contribution in [0.4, 0.5) is 16.2 Å². The van der Waals surface area contributed by atoms with Crippen molar-refractivity contribution in [1.82, 2.24) is 9.78 Å². The summed E-state index contributed by atoms with van der Waals surface area (Å²) in [5.41, 5.74) is 5.93. The first-order valence-electron chi connectivity index (χ1n) is 5.62. The SMILES string of the molecule is Cn1cc(NC(=O)Nc2cccc(Cl)c2)c(C(N)=O)n1. The van der Waals surface area contributed by atoms with Gasteiger partial charge >= 0.3 is 6.03 Å². The molecule has 7 nitrogen and oxygen atoms in total. The summed E-state index contributed by atoms with van der Waals surface area (Å²) in [6.45, 7) is 0. The first kappa shape index (κ1) is 13.9. The van der Waals surface area contributed by atoms with E-state index >= 15 is 0 Å². The second kappa shape index (κ2) is 5.62. The summed E-state index contributed by atoms with van der Waals surface area (Å²) in [6.07, 6.45) is 1.48. The monoisotopic (exact) mass is 293 g/mol. The van der Waals surface area contributed by atoms with Gasteiger partial charge in [-0.3, -0.25) is 9.48 Å². The summed E-state index contributed by atoms with van der Waals surface area (Å²) in [5, 5.41) is 9.45. The largest absolute Gasteiger partial charge is 0.364 e. The van der Waals surface area contributed by atoms with Gasteiger partial charge in [0.05, 0.1) is 5.69 Å². The Morgan fingerprint density at radius 1 is 1.35 bits per heavy atom. The normalized spacial score (nSPS) is 10.1. The van der Waals surface area contributed by atoms with Crippen LogP contribution >= 0.6 is 11.6 Å². The van der Waals surface area contributed by atoms with Gasteiger partial charge in [0.2, 0.25) is 0 Å². The molecule has 0 aliphatic carbocycles. The maximum atomic E-state index is 11.8. The molecule has 0 atom stereocenters. The summed E-state index contributed by atoms with van der Waals surface area (Å²) >= 11 is 5.81. The number of aryl methyl sites for hydroxylation is 1. The second-order valence-electron chi connectivity index (χ2n) is 4.02. The van der Waals surface area contributed by atoms with Crippen molar-refractivity contribution in [3.63, 3.8) is 0 Å². The first-order valence-corrected chi connectivity index (χ1v) is 6.00. The van der Waals surface area contributed by atoms with E-state index in [1.54, 1.807) is 31.3 Å². The number of primary amides is 1. The summed E-state index contributed by atoms with van der Waals surface area (Å²) in [7, 11) is 1.62. The average molecular weight is 294 g/mol. The van der Waals surface area contributed by atoms with Gasteiger partial charge in [-0.15, -0.1) is 0 Å². The molecule has 0 unspecified atom stereocenters. The minimum absolute atomic E-state index is 0.00579. The van der Waals surface area contributed by atoms with Gasteiger partial charge in [0.1, 0.15) is 0 Å². The Bertz CT molecular complexity index is 668. The van der Waals surface area contributed by atoms with Gasteiger partial charge in [-0.05, 0) is 18.2 Å². The van der Waals surface area contributed by atoms with Crippen LogP contribution in [0.25, 0.3) is 0 Å². The summed E-state index contributed by atoms with van der Waals surface area (Å²) in [6, 6.07) is 6.15. The van der Waals surface area contributed by atoms with Gasteiger partial charge in [-0.1, -0.05) is 17.7 Å². The van der Waals surface area contributed by atoms with Crippen molar-refractivity contribution in [3.05, 3.63) is 41.2 Å². The molecule has 8 heteroatoms. The van der Waals surface area contributed by atoms with Gasteiger partial charge in [0.15, 0.2) is 5.69 Å². The topological polar surface area (TPSA) is 102 Å². The Morgan fingerprint density at radius 3 is 2.75 bits per heavy atom. The highest BCUT2D eigenvalue weighted by Crippen LogP contribution is 2.16. The van der Waals surface area contributed by atoms with Crippen molar-refractivity contribution in [2.24, 2.45) is 12.8 Å². The number of hydrogen-bond acceptors (Lipinski definition) is 3. The molecule has 0 radical (unpaired) electrons. The van der Waals surface area contributed by atoms with Gasteiger partial charge in [-0.2, -0.15) is 5.10 Å². The highest BCUT2D eigenvalue weighted by Gasteiger charge is 2.15.